The molecule has 0 saturated carbocycles. The number of carboxylic acid groups (broad SMARTS) is 1. The first-order valence-corrected chi connectivity index (χ1v) is 11.4. The Morgan fingerprint density at radius 3 is 2.30 bits per heavy atom. The number of halogens is 3. The molecule has 1 atom stereocenters. The fourth-order valence-electron chi connectivity index (χ4n) is 3.07. The Bertz CT molecular complexity index is 1310. The molecule has 0 fully saturated rings. The fraction of sp³-hybridized carbons (Fsp3) is 0.208. The second-order valence-electron chi connectivity index (χ2n) is 7.80. The van der Waals surface area contributed by atoms with Crippen LogP contribution in [0.5, 0.6) is 17.2 Å². The van der Waals surface area contributed by atoms with Gasteiger partial charge in [0.25, 0.3) is 5.91 Å². The Kier molecular flexibility index (Phi) is 9.88. The maximum Gasteiger partial charge on any atom is 0.573 e. The van der Waals surface area contributed by atoms with E-state index in [1.807, 2.05) is 0 Å². The third kappa shape index (κ3) is 9.55. The van der Waals surface area contributed by atoms with Gasteiger partial charge < -0.3 is 41.0 Å². The van der Waals surface area contributed by atoms with Gasteiger partial charge in [-0.1, -0.05) is 0 Å². The van der Waals surface area contributed by atoms with Crippen LogP contribution in [-0.4, -0.2) is 70.2 Å². The number of hydrogen-bond donors (Lipinski definition) is 6. The molecule has 0 aliphatic rings. The van der Waals surface area contributed by atoms with E-state index in [9.17, 15) is 37.8 Å². The van der Waals surface area contributed by atoms with Crippen LogP contribution < -0.4 is 30.7 Å². The fourth-order valence-corrected chi connectivity index (χ4v) is 3.07. The standard InChI is InChI=1S/C24H23F3N6O7/c25-24(26,27)40-15-4-2-14(3-5-15)32-23(38)33-18(21(36)37)13-31-20(35)17-7-6-16(12-19(17)34)39-11-10-30-22-28-8-1-9-29-22/h1-9,12,18,34H,10-11,13H2,(H,31,35)(H,36,37)(H,28,29,30)(H2,32,33,38)/t18-/m0/s1. The van der Waals surface area contributed by atoms with Gasteiger partial charge in [0.1, 0.15) is 29.9 Å². The molecule has 3 aromatic rings. The number of amides is 3. The van der Waals surface area contributed by atoms with Gasteiger partial charge >= 0.3 is 18.4 Å². The van der Waals surface area contributed by atoms with Crippen LogP contribution in [-0.2, 0) is 4.79 Å². The van der Waals surface area contributed by atoms with Crippen molar-refractivity contribution in [2.45, 2.75) is 12.4 Å². The van der Waals surface area contributed by atoms with E-state index in [1.165, 1.54) is 18.2 Å². The highest BCUT2D eigenvalue weighted by molar-refractivity contribution is 5.97. The van der Waals surface area contributed by atoms with Gasteiger partial charge in [-0.15, -0.1) is 13.2 Å². The molecule has 13 nitrogen and oxygen atoms in total. The molecule has 0 radical (unpaired) electrons. The summed E-state index contributed by atoms with van der Waals surface area (Å²) in [6, 6.07) is 7.14. The molecule has 0 saturated heterocycles. The number of aliphatic carboxylic acids is 1. The summed E-state index contributed by atoms with van der Waals surface area (Å²) in [6.07, 6.45) is -1.73. The molecule has 40 heavy (non-hydrogen) atoms. The lowest BCUT2D eigenvalue weighted by atomic mass is 10.1. The number of hydrogen-bond acceptors (Lipinski definition) is 9. The van der Waals surface area contributed by atoms with Gasteiger partial charge in [0.2, 0.25) is 5.95 Å². The summed E-state index contributed by atoms with van der Waals surface area (Å²) in [5.74, 6) is -2.55. The van der Waals surface area contributed by atoms with Gasteiger partial charge in [0, 0.05) is 30.7 Å². The van der Waals surface area contributed by atoms with E-state index in [-0.39, 0.29) is 23.6 Å². The van der Waals surface area contributed by atoms with Crippen molar-refractivity contribution >= 4 is 29.5 Å². The molecule has 16 heteroatoms. The maximum atomic E-state index is 12.5. The van der Waals surface area contributed by atoms with Gasteiger partial charge in [-0.25, -0.2) is 19.6 Å². The smallest absolute Gasteiger partial charge is 0.507 e. The number of anilines is 2. The maximum absolute atomic E-state index is 12.5. The van der Waals surface area contributed by atoms with Crippen LogP contribution in [0.1, 0.15) is 10.4 Å². The number of nitrogens with zero attached hydrogens (tertiary/aromatic N) is 2. The van der Waals surface area contributed by atoms with E-state index >= 15 is 0 Å². The number of urea groups is 1. The average Bonchev–Trinajstić information content (AvgIpc) is 2.89. The summed E-state index contributed by atoms with van der Waals surface area (Å²) in [5.41, 5.74) is -0.116. The quantitative estimate of drug-likeness (QED) is 0.179. The number of aromatic nitrogens is 2. The number of rotatable bonds is 12. The molecule has 212 valence electrons. The largest absolute Gasteiger partial charge is 0.573 e. The lowest BCUT2D eigenvalue weighted by molar-refractivity contribution is -0.274. The van der Waals surface area contributed by atoms with Crippen molar-refractivity contribution in [3.05, 3.63) is 66.5 Å². The highest BCUT2D eigenvalue weighted by atomic mass is 19.4. The zero-order valence-corrected chi connectivity index (χ0v) is 20.4. The number of benzene rings is 2. The molecule has 0 unspecified atom stereocenters. The summed E-state index contributed by atoms with van der Waals surface area (Å²) < 4.78 is 45.9. The number of carbonyl (C=O) groups excluding carboxylic acids is 2. The second-order valence-corrected chi connectivity index (χ2v) is 7.80. The normalized spacial score (nSPS) is 11.6. The molecule has 0 bridgehead atoms. The summed E-state index contributed by atoms with van der Waals surface area (Å²) in [5, 5.41) is 29.2. The number of ether oxygens (including phenoxy) is 2. The summed E-state index contributed by atoms with van der Waals surface area (Å²) >= 11 is 0. The summed E-state index contributed by atoms with van der Waals surface area (Å²) in [7, 11) is 0. The zero-order chi connectivity index (χ0) is 29.1. The van der Waals surface area contributed by atoms with Crippen molar-refractivity contribution in [1.29, 1.82) is 0 Å². The third-order valence-electron chi connectivity index (χ3n) is 4.85. The molecule has 1 heterocycles. The minimum Gasteiger partial charge on any atom is -0.507 e. The Morgan fingerprint density at radius 2 is 1.68 bits per heavy atom. The van der Waals surface area contributed by atoms with Crippen LogP contribution in [0, 0.1) is 0 Å². The number of nitrogens with one attached hydrogen (secondary N) is 4. The Hall–Kier alpha value is -5.28. The molecule has 6 N–H and O–H groups in total. The Balaban J connectivity index is 1.47. The zero-order valence-electron chi connectivity index (χ0n) is 20.4. The first-order valence-electron chi connectivity index (χ1n) is 11.4. The number of phenols is 1. The first kappa shape index (κ1) is 29.3. The van der Waals surface area contributed by atoms with Crippen molar-refractivity contribution in [2.75, 3.05) is 30.3 Å². The number of aromatic hydroxyl groups is 1. The van der Waals surface area contributed by atoms with Crippen molar-refractivity contribution < 1.29 is 47.2 Å². The van der Waals surface area contributed by atoms with Gasteiger partial charge in [-0.3, -0.25) is 4.79 Å². The van der Waals surface area contributed by atoms with Gasteiger partial charge in [0.05, 0.1) is 12.1 Å². The van der Waals surface area contributed by atoms with E-state index in [1.54, 1.807) is 18.5 Å². The van der Waals surface area contributed by atoms with Crippen molar-refractivity contribution in [3.63, 3.8) is 0 Å². The number of carbonyl (C=O) groups is 3. The molecule has 3 amide bonds. The van der Waals surface area contributed by atoms with Crippen LogP contribution in [0.4, 0.5) is 29.6 Å². The molecular weight excluding hydrogens is 541 g/mol. The van der Waals surface area contributed by atoms with Crippen LogP contribution in [0.25, 0.3) is 0 Å². The van der Waals surface area contributed by atoms with Gasteiger partial charge in [-0.2, -0.15) is 0 Å². The number of carboxylic acids is 1. The Morgan fingerprint density at radius 1 is 1.00 bits per heavy atom. The highest BCUT2D eigenvalue weighted by Gasteiger charge is 2.31. The van der Waals surface area contributed by atoms with E-state index in [4.69, 9.17) is 4.74 Å². The van der Waals surface area contributed by atoms with Crippen molar-refractivity contribution in [3.8, 4) is 17.2 Å². The summed E-state index contributed by atoms with van der Waals surface area (Å²) in [4.78, 5) is 44.2. The van der Waals surface area contributed by atoms with Gasteiger partial charge in [0.15, 0.2) is 0 Å². The first-order chi connectivity index (χ1) is 19.0. The number of phenolic OH excluding ortho intramolecular Hbond substituents is 1. The third-order valence-corrected chi connectivity index (χ3v) is 4.85. The molecule has 0 aliphatic heterocycles. The van der Waals surface area contributed by atoms with Crippen molar-refractivity contribution in [2.24, 2.45) is 0 Å². The summed E-state index contributed by atoms with van der Waals surface area (Å²) in [6.45, 7) is 0.00948. The van der Waals surface area contributed by atoms with Gasteiger partial charge in [-0.05, 0) is 42.5 Å². The minimum absolute atomic E-state index is 0.0524. The molecule has 0 spiro atoms. The minimum atomic E-state index is -4.88. The predicted molar refractivity (Wildman–Crippen MR) is 133 cm³/mol. The highest BCUT2D eigenvalue weighted by Crippen LogP contribution is 2.25. The predicted octanol–water partition coefficient (Wildman–Crippen LogP) is 2.58. The topological polar surface area (TPSA) is 184 Å². The van der Waals surface area contributed by atoms with E-state index in [0.29, 0.717) is 12.5 Å². The van der Waals surface area contributed by atoms with Crippen LogP contribution >= 0.6 is 0 Å². The molecule has 3 rings (SSSR count). The Labute approximate surface area is 224 Å². The van der Waals surface area contributed by atoms with Crippen molar-refractivity contribution in [1.82, 2.24) is 20.6 Å². The van der Waals surface area contributed by atoms with E-state index in [0.717, 1.165) is 24.3 Å². The number of alkyl halides is 3. The lowest BCUT2D eigenvalue weighted by Crippen LogP contribution is -2.49. The van der Waals surface area contributed by atoms with Crippen LogP contribution in [0.2, 0.25) is 0 Å². The molecule has 1 aromatic heterocycles. The molecular formula is C24H23F3N6O7. The lowest BCUT2D eigenvalue weighted by Gasteiger charge is -2.16. The van der Waals surface area contributed by atoms with E-state index < -0.39 is 48.4 Å². The average molecular weight is 564 g/mol. The monoisotopic (exact) mass is 564 g/mol. The molecule has 0 aliphatic carbocycles. The molecule has 2 aromatic carbocycles. The van der Waals surface area contributed by atoms with Crippen LogP contribution in [0.15, 0.2) is 60.9 Å². The van der Waals surface area contributed by atoms with Crippen LogP contribution in [0.3, 0.4) is 0 Å². The van der Waals surface area contributed by atoms with E-state index in [2.05, 4.69) is 36.0 Å². The second kappa shape index (κ2) is 13.5. The SMILES string of the molecule is O=C(Nc1ccc(OC(F)(F)F)cc1)N[C@@H](CNC(=O)c1ccc(OCCNc2ncccn2)cc1O)C(=O)O.